The van der Waals surface area contributed by atoms with Crippen LogP contribution in [0.1, 0.15) is 22.6 Å². The largest absolute Gasteiger partial charge is 0.361 e. The Hall–Kier alpha value is -2.70. The molecule has 0 N–H and O–H groups in total. The van der Waals surface area contributed by atoms with Gasteiger partial charge in [-0.25, -0.2) is 0 Å². The molecule has 0 aromatic heterocycles. The molecular formula is C26H33N3O3. The molecule has 2 atom stereocenters. The third-order valence-electron chi connectivity index (χ3n) is 6.61. The van der Waals surface area contributed by atoms with Gasteiger partial charge in [0.15, 0.2) is 5.60 Å². The van der Waals surface area contributed by atoms with Crippen LogP contribution in [0, 0.1) is 6.92 Å². The summed E-state index contributed by atoms with van der Waals surface area (Å²) in [6, 6.07) is 18.2. The van der Waals surface area contributed by atoms with Gasteiger partial charge in [0.05, 0.1) is 19.6 Å². The minimum Gasteiger partial charge on any atom is -0.361 e. The third kappa shape index (κ3) is 4.57. The molecule has 2 aliphatic heterocycles. The summed E-state index contributed by atoms with van der Waals surface area (Å²) in [5.74, 6) is -0.0581. The quantitative estimate of drug-likeness (QED) is 0.699. The van der Waals surface area contributed by atoms with Crippen molar-refractivity contribution in [1.82, 2.24) is 14.7 Å². The molecule has 6 heteroatoms. The number of carbonyl (C=O) groups excluding carboxylic acids is 2. The van der Waals surface area contributed by atoms with Gasteiger partial charge in [-0.15, -0.1) is 0 Å². The molecule has 170 valence electrons. The number of morpholine rings is 1. The Labute approximate surface area is 190 Å². The number of nitrogens with zero attached hydrogens (tertiary/aromatic N) is 3. The molecule has 2 fully saturated rings. The first kappa shape index (κ1) is 22.5. The zero-order valence-electron chi connectivity index (χ0n) is 19.3. The summed E-state index contributed by atoms with van der Waals surface area (Å²) < 4.78 is 6.29. The lowest BCUT2D eigenvalue weighted by atomic mass is 9.83. The van der Waals surface area contributed by atoms with Crippen molar-refractivity contribution in [3.8, 4) is 0 Å². The van der Waals surface area contributed by atoms with Crippen LogP contribution in [0.15, 0.2) is 54.6 Å². The molecule has 2 aliphatic rings. The third-order valence-corrected chi connectivity index (χ3v) is 6.61. The highest BCUT2D eigenvalue weighted by atomic mass is 16.5. The highest BCUT2D eigenvalue weighted by Crippen LogP contribution is 2.42. The molecular weight excluding hydrogens is 402 g/mol. The number of benzene rings is 2. The fraction of sp³-hybridized carbons (Fsp3) is 0.462. The number of likely N-dealkylation sites (tertiary alicyclic amines) is 1. The van der Waals surface area contributed by atoms with E-state index in [2.05, 4.69) is 17.0 Å². The van der Waals surface area contributed by atoms with Crippen LogP contribution in [0.4, 0.5) is 0 Å². The molecule has 0 unspecified atom stereocenters. The van der Waals surface area contributed by atoms with E-state index in [4.69, 9.17) is 4.74 Å². The number of aryl methyl sites for hydroxylation is 1. The van der Waals surface area contributed by atoms with Crippen molar-refractivity contribution in [1.29, 1.82) is 0 Å². The topological polar surface area (TPSA) is 53.1 Å². The highest BCUT2D eigenvalue weighted by molar-refractivity contribution is 5.91. The van der Waals surface area contributed by atoms with E-state index in [1.165, 1.54) is 5.56 Å². The van der Waals surface area contributed by atoms with Gasteiger partial charge in [-0.2, -0.15) is 0 Å². The highest BCUT2D eigenvalue weighted by Gasteiger charge is 2.58. The van der Waals surface area contributed by atoms with E-state index < -0.39 is 5.60 Å². The number of carbonyl (C=O) groups is 2. The number of likely N-dealkylation sites (N-methyl/N-ethyl adjacent to an activating group) is 1. The van der Waals surface area contributed by atoms with Crippen LogP contribution in [0.2, 0.25) is 0 Å². The van der Waals surface area contributed by atoms with E-state index in [0.29, 0.717) is 39.2 Å². The lowest BCUT2D eigenvalue weighted by Gasteiger charge is -2.42. The van der Waals surface area contributed by atoms with E-state index in [1.807, 2.05) is 73.3 Å². The molecule has 32 heavy (non-hydrogen) atoms. The summed E-state index contributed by atoms with van der Waals surface area (Å²) in [5.41, 5.74) is 2.23. The van der Waals surface area contributed by atoms with Crippen LogP contribution in [0.3, 0.4) is 0 Å². The van der Waals surface area contributed by atoms with Crippen molar-refractivity contribution in [3.63, 3.8) is 0 Å². The van der Waals surface area contributed by atoms with Crippen molar-refractivity contribution in [2.45, 2.75) is 24.9 Å². The SMILES string of the molecule is Cc1ccc(CC(=O)N2CCO[C@]3(C2)C(=O)N(CCN(C)C)C[C@H]3c2ccccc2)cc1. The second-order valence-electron chi connectivity index (χ2n) is 9.23. The van der Waals surface area contributed by atoms with E-state index >= 15 is 0 Å². The van der Waals surface area contributed by atoms with Crippen molar-refractivity contribution in [3.05, 3.63) is 71.3 Å². The van der Waals surface area contributed by atoms with Gasteiger partial charge in [-0.05, 0) is 32.1 Å². The van der Waals surface area contributed by atoms with Crippen LogP contribution in [-0.2, 0) is 20.7 Å². The van der Waals surface area contributed by atoms with Crippen molar-refractivity contribution >= 4 is 11.8 Å². The summed E-state index contributed by atoms with van der Waals surface area (Å²) in [4.78, 5) is 32.7. The molecule has 0 radical (unpaired) electrons. The van der Waals surface area contributed by atoms with Crippen molar-refractivity contribution in [2.75, 3.05) is 53.4 Å². The van der Waals surface area contributed by atoms with Gasteiger partial charge in [0, 0.05) is 32.1 Å². The fourth-order valence-electron chi connectivity index (χ4n) is 4.73. The van der Waals surface area contributed by atoms with Gasteiger partial charge in [0.2, 0.25) is 5.91 Å². The Bertz CT molecular complexity index is 945. The van der Waals surface area contributed by atoms with E-state index in [0.717, 1.165) is 17.7 Å². The van der Waals surface area contributed by atoms with Gasteiger partial charge in [-0.3, -0.25) is 9.59 Å². The van der Waals surface area contributed by atoms with Crippen molar-refractivity contribution in [2.24, 2.45) is 0 Å². The second-order valence-corrected chi connectivity index (χ2v) is 9.23. The molecule has 4 rings (SSSR count). The zero-order chi connectivity index (χ0) is 22.7. The summed E-state index contributed by atoms with van der Waals surface area (Å²) >= 11 is 0. The molecule has 0 bridgehead atoms. The monoisotopic (exact) mass is 435 g/mol. The number of rotatable bonds is 6. The maximum absolute atomic E-state index is 13.7. The number of amides is 2. The Morgan fingerprint density at radius 2 is 1.84 bits per heavy atom. The second kappa shape index (κ2) is 9.43. The summed E-state index contributed by atoms with van der Waals surface area (Å²) in [6.45, 7) is 5.27. The fourth-order valence-corrected chi connectivity index (χ4v) is 4.73. The predicted molar refractivity (Wildman–Crippen MR) is 124 cm³/mol. The van der Waals surface area contributed by atoms with Crippen LogP contribution >= 0.6 is 0 Å². The van der Waals surface area contributed by atoms with Crippen LogP contribution < -0.4 is 0 Å². The molecule has 2 amide bonds. The van der Waals surface area contributed by atoms with Gasteiger partial charge in [-0.1, -0.05) is 60.2 Å². The molecule has 1 spiro atoms. The van der Waals surface area contributed by atoms with Crippen LogP contribution in [0.5, 0.6) is 0 Å². The molecule has 6 nitrogen and oxygen atoms in total. The maximum Gasteiger partial charge on any atom is 0.257 e. The molecule has 0 saturated carbocycles. The summed E-state index contributed by atoms with van der Waals surface area (Å²) in [7, 11) is 4.02. The van der Waals surface area contributed by atoms with Crippen LogP contribution in [-0.4, -0.2) is 85.5 Å². The Morgan fingerprint density at radius 1 is 1.12 bits per heavy atom. The van der Waals surface area contributed by atoms with Gasteiger partial charge < -0.3 is 19.4 Å². The average Bonchev–Trinajstić information content (AvgIpc) is 3.05. The Kier molecular flexibility index (Phi) is 6.63. The zero-order valence-corrected chi connectivity index (χ0v) is 19.3. The lowest BCUT2D eigenvalue weighted by molar-refractivity contribution is -0.167. The molecule has 2 saturated heterocycles. The first-order chi connectivity index (χ1) is 15.4. The number of ether oxygens (including phenoxy) is 1. The van der Waals surface area contributed by atoms with E-state index in [-0.39, 0.29) is 17.7 Å². The maximum atomic E-state index is 13.7. The first-order valence-corrected chi connectivity index (χ1v) is 11.4. The first-order valence-electron chi connectivity index (χ1n) is 11.4. The van der Waals surface area contributed by atoms with Crippen LogP contribution in [0.25, 0.3) is 0 Å². The minimum absolute atomic E-state index is 0.000962. The minimum atomic E-state index is -1.02. The molecule has 2 aromatic rings. The standard InChI is InChI=1S/C26H33N3O3/c1-20-9-11-21(12-10-20)17-24(30)29-15-16-32-26(19-29)23(22-7-5-4-6-8-22)18-28(25(26)31)14-13-27(2)3/h4-12,23H,13-19H2,1-3H3/t23-,26-/m0/s1. The molecule has 0 aliphatic carbocycles. The van der Waals surface area contributed by atoms with E-state index in [9.17, 15) is 9.59 Å². The van der Waals surface area contributed by atoms with E-state index in [1.54, 1.807) is 0 Å². The lowest BCUT2D eigenvalue weighted by Crippen LogP contribution is -2.59. The Balaban J connectivity index is 1.58. The average molecular weight is 436 g/mol. The predicted octanol–water partition coefficient (Wildman–Crippen LogP) is 2.32. The molecule has 2 heterocycles. The number of hydrogen-bond donors (Lipinski definition) is 0. The smallest absolute Gasteiger partial charge is 0.257 e. The van der Waals surface area contributed by atoms with Gasteiger partial charge in [0.1, 0.15) is 0 Å². The van der Waals surface area contributed by atoms with Gasteiger partial charge >= 0.3 is 0 Å². The number of hydrogen-bond acceptors (Lipinski definition) is 4. The van der Waals surface area contributed by atoms with Crippen molar-refractivity contribution < 1.29 is 14.3 Å². The normalized spacial score (nSPS) is 23.4. The summed E-state index contributed by atoms with van der Waals surface area (Å²) in [6.07, 6.45) is 0.338. The van der Waals surface area contributed by atoms with Gasteiger partial charge in [0.25, 0.3) is 5.91 Å². The molecule has 2 aromatic carbocycles. The Morgan fingerprint density at radius 3 is 2.53 bits per heavy atom. The summed E-state index contributed by atoms with van der Waals surface area (Å²) in [5, 5.41) is 0.